The Hall–Kier alpha value is -1.05. The number of esters is 1. The highest BCUT2D eigenvalue weighted by molar-refractivity contribution is 5.87. The van der Waals surface area contributed by atoms with Gasteiger partial charge in [-0.3, -0.25) is 0 Å². The van der Waals surface area contributed by atoms with Gasteiger partial charge in [0.2, 0.25) is 0 Å². The zero-order chi connectivity index (χ0) is 12.2. The molecule has 0 aromatic carbocycles. The summed E-state index contributed by atoms with van der Waals surface area (Å²) in [7, 11) is 0. The Morgan fingerprint density at radius 1 is 1.19 bits per heavy atom. The summed E-state index contributed by atoms with van der Waals surface area (Å²) in [5.74, 6) is -0.264. The van der Waals surface area contributed by atoms with E-state index in [0.29, 0.717) is 5.57 Å². The maximum atomic E-state index is 11.6. The van der Waals surface area contributed by atoms with Crippen LogP contribution in [0.5, 0.6) is 0 Å². The molecule has 0 aromatic rings. The van der Waals surface area contributed by atoms with Gasteiger partial charge in [-0.2, -0.15) is 0 Å². The van der Waals surface area contributed by atoms with Crippen molar-refractivity contribution in [3.05, 3.63) is 23.8 Å². The van der Waals surface area contributed by atoms with Crippen LogP contribution in [0.1, 0.15) is 52.9 Å². The second-order valence-corrected chi connectivity index (χ2v) is 5.02. The molecular weight excluding hydrogens is 200 g/mol. The largest absolute Gasteiger partial charge is 0.451 e. The molecule has 0 spiro atoms. The van der Waals surface area contributed by atoms with E-state index in [1.165, 1.54) is 12.0 Å². The van der Waals surface area contributed by atoms with E-state index in [1.54, 1.807) is 6.92 Å². The fourth-order valence-electron chi connectivity index (χ4n) is 2.22. The van der Waals surface area contributed by atoms with Gasteiger partial charge in [-0.25, -0.2) is 4.79 Å². The Kier molecular flexibility index (Phi) is 4.34. The van der Waals surface area contributed by atoms with Crippen LogP contribution in [0.2, 0.25) is 0 Å². The number of hydrogen-bond acceptors (Lipinski definition) is 2. The molecule has 90 valence electrons. The average Bonchev–Trinajstić information content (AvgIpc) is 2.17. The van der Waals surface area contributed by atoms with Crippen LogP contribution >= 0.6 is 0 Å². The Morgan fingerprint density at radius 3 is 2.19 bits per heavy atom. The second-order valence-electron chi connectivity index (χ2n) is 5.02. The van der Waals surface area contributed by atoms with E-state index in [0.717, 1.165) is 25.7 Å². The molecule has 0 N–H and O–H groups in total. The van der Waals surface area contributed by atoms with Crippen LogP contribution in [-0.4, -0.2) is 11.6 Å². The first-order valence-corrected chi connectivity index (χ1v) is 6.00. The second kappa shape index (κ2) is 5.33. The highest BCUT2D eigenvalue weighted by Crippen LogP contribution is 2.34. The Morgan fingerprint density at radius 2 is 1.75 bits per heavy atom. The van der Waals surface area contributed by atoms with E-state index in [-0.39, 0.29) is 11.6 Å². The molecule has 0 amide bonds. The Bertz CT molecular complexity index is 303. The molecule has 0 aromatic heterocycles. The molecule has 16 heavy (non-hydrogen) atoms. The van der Waals surface area contributed by atoms with Crippen molar-refractivity contribution in [1.82, 2.24) is 0 Å². The maximum Gasteiger partial charge on any atom is 0.333 e. The van der Waals surface area contributed by atoms with E-state index in [9.17, 15) is 4.79 Å². The van der Waals surface area contributed by atoms with Crippen molar-refractivity contribution in [2.24, 2.45) is 0 Å². The summed E-state index contributed by atoms with van der Waals surface area (Å²) in [6, 6.07) is 0. The predicted octanol–water partition coefficient (Wildman–Crippen LogP) is 3.77. The van der Waals surface area contributed by atoms with Gasteiger partial charge in [-0.05, 0) is 52.5 Å². The van der Waals surface area contributed by atoms with Crippen LogP contribution in [0.15, 0.2) is 23.8 Å². The molecule has 0 atom stereocenters. The molecular formula is C14H22O2. The first-order chi connectivity index (χ1) is 7.45. The van der Waals surface area contributed by atoms with Gasteiger partial charge in [0, 0.05) is 5.57 Å². The number of hydrogen-bond donors (Lipinski definition) is 0. The number of carbonyl (C=O) groups excluding carboxylic acids is 1. The summed E-state index contributed by atoms with van der Waals surface area (Å²) < 4.78 is 5.64. The molecule has 1 aliphatic rings. The molecule has 1 fully saturated rings. The molecule has 1 saturated carbocycles. The minimum atomic E-state index is -0.368. The summed E-state index contributed by atoms with van der Waals surface area (Å²) in [5.41, 5.74) is 1.32. The highest BCUT2D eigenvalue weighted by Gasteiger charge is 2.33. The lowest BCUT2D eigenvalue weighted by molar-refractivity contribution is -0.152. The van der Waals surface area contributed by atoms with Crippen molar-refractivity contribution < 1.29 is 9.53 Å². The lowest BCUT2D eigenvalue weighted by atomic mass is 9.83. The lowest BCUT2D eigenvalue weighted by Crippen LogP contribution is -2.35. The summed E-state index contributed by atoms with van der Waals surface area (Å²) >= 11 is 0. The maximum absolute atomic E-state index is 11.6. The molecule has 0 unspecified atom stereocenters. The molecule has 2 nitrogen and oxygen atoms in total. The predicted molar refractivity (Wildman–Crippen MR) is 66.2 cm³/mol. The molecule has 1 rings (SSSR count). The third-order valence-electron chi connectivity index (χ3n) is 2.90. The van der Waals surface area contributed by atoms with Gasteiger partial charge in [0.1, 0.15) is 5.60 Å². The zero-order valence-electron chi connectivity index (χ0n) is 10.6. The van der Waals surface area contributed by atoms with Crippen LogP contribution < -0.4 is 0 Å². The first kappa shape index (κ1) is 13.0. The van der Waals surface area contributed by atoms with Crippen LogP contribution in [0.4, 0.5) is 0 Å². The van der Waals surface area contributed by atoms with Gasteiger partial charge in [-0.15, -0.1) is 0 Å². The van der Waals surface area contributed by atoms with Gasteiger partial charge in [0.25, 0.3) is 0 Å². The Balaban J connectivity index is 2.82. The minimum absolute atomic E-state index is 0.264. The van der Waals surface area contributed by atoms with Crippen molar-refractivity contribution in [3.8, 4) is 0 Å². The molecule has 0 bridgehead atoms. The number of allylic oxidation sites excluding steroid dienone is 1. The fraction of sp³-hybridized carbons (Fsp3) is 0.643. The van der Waals surface area contributed by atoms with Crippen LogP contribution in [0, 0.1) is 0 Å². The Labute approximate surface area is 98.4 Å². The standard InChI is InChI=1S/C14H22O2/c1-11(2)10-14(8-6-5-7-9-14)16-13(15)12(3)4/h10H,3,5-9H2,1-2,4H3. The summed E-state index contributed by atoms with van der Waals surface area (Å²) in [4.78, 5) is 11.6. The topological polar surface area (TPSA) is 26.3 Å². The SMILES string of the molecule is C=C(C)C(=O)OC1(C=C(C)C)CCCCC1. The monoisotopic (exact) mass is 222 g/mol. The van der Waals surface area contributed by atoms with Crippen molar-refractivity contribution in [1.29, 1.82) is 0 Å². The molecule has 2 heteroatoms. The van der Waals surface area contributed by atoms with Crippen LogP contribution in [0.25, 0.3) is 0 Å². The van der Waals surface area contributed by atoms with Crippen molar-refractivity contribution in [2.45, 2.75) is 58.5 Å². The molecule has 0 aliphatic heterocycles. The van der Waals surface area contributed by atoms with Crippen molar-refractivity contribution in [2.75, 3.05) is 0 Å². The van der Waals surface area contributed by atoms with E-state index in [2.05, 4.69) is 12.7 Å². The molecule has 0 heterocycles. The number of ether oxygens (including phenoxy) is 1. The molecule has 0 saturated heterocycles. The normalized spacial score (nSPS) is 18.7. The molecule has 0 radical (unpaired) electrons. The van der Waals surface area contributed by atoms with Crippen LogP contribution in [-0.2, 0) is 9.53 Å². The minimum Gasteiger partial charge on any atom is -0.451 e. The number of carbonyl (C=O) groups is 1. The van der Waals surface area contributed by atoms with Gasteiger partial charge < -0.3 is 4.74 Å². The summed E-state index contributed by atoms with van der Waals surface area (Å²) in [6.45, 7) is 9.42. The van der Waals surface area contributed by atoms with E-state index < -0.39 is 0 Å². The van der Waals surface area contributed by atoms with Crippen molar-refractivity contribution >= 4 is 5.97 Å². The van der Waals surface area contributed by atoms with E-state index in [1.807, 2.05) is 13.8 Å². The van der Waals surface area contributed by atoms with Gasteiger partial charge in [0.05, 0.1) is 0 Å². The number of rotatable bonds is 3. The lowest BCUT2D eigenvalue weighted by Gasteiger charge is -2.34. The zero-order valence-corrected chi connectivity index (χ0v) is 10.6. The smallest absolute Gasteiger partial charge is 0.333 e. The summed E-state index contributed by atoms with van der Waals surface area (Å²) in [6.07, 6.45) is 7.49. The van der Waals surface area contributed by atoms with E-state index >= 15 is 0 Å². The van der Waals surface area contributed by atoms with Gasteiger partial charge in [-0.1, -0.05) is 18.6 Å². The van der Waals surface area contributed by atoms with E-state index in [4.69, 9.17) is 4.74 Å². The fourth-order valence-corrected chi connectivity index (χ4v) is 2.22. The quantitative estimate of drug-likeness (QED) is 0.413. The average molecular weight is 222 g/mol. The molecule has 1 aliphatic carbocycles. The van der Waals surface area contributed by atoms with Crippen molar-refractivity contribution in [3.63, 3.8) is 0 Å². The van der Waals surface area contributed by atoms with Gasteiger partial charge in [0.15, 0.2) is 0 Å². The van der Waals surface area contributed by atoms with Crippen LogP contribution in [0.3, 0.4) is 0 Å². The first-order valence-electron chi connectivity index (χ1n) is 6.00. The summed E-state index contributed by atoms with van der Waals surface area (Å²) in [5, 5.41) is 0. The van der Waals surface area contributed by atoms with Gasteiger partial charge >= 0.3 is 5.97 Å². The highest BCUT2D eigenvalue weighted by atomic mass is 16.6. The third kappa shape index (κ3) is 3.51. The third-order valence-corrected chi connectivity index (χ3v) is 2.90.